The molecule has 0 aliphatic heterocycles. The molecular weight excluding hydrogens is 480 g/mol. The van der Waals surface area contributed by atoms with Gasteiger partial charge in [-0.05, 0) is 60.7 Å². The quantitative estimate of drug-likeness (QED) is 0.586. The first-order valence-electron chi connectivity index (χ1n) is 10.6. The van der Waals surface area contributed by atoms with Gasteiger partial charge in [0.05, 0.1) is 23.4 Å². The molecule has 0 saturated heterocycles. The number of carbonyl (C=O) groups excluding carboxylic acids is 4. The summed E-state index contributed by atoms with van der Waals surface area (Å²) in [6, 6.07) is 0. The molecule has 2 aliphatic carbocycles. The third-order valence-electron chi connectivity index (χ3n) is 5.91. The Labute approximate surface area is 195 Å². The summed E-state index contributed by atoms with van der Waals surface area (Å²) >= 11 is 3.35. The van der Waals surface area contributed by atoms with Crippen LogP contribution in [0.4, 0.5) is 0 Å². The summed E-state index contributed by atoms with van der Waals surface area (Å²) in [5, 5.41) is 0. The van der Waals surface area contributed by atoms with Gasteiger partial charge in [-0.3, -0.25) is 9.59 Å². The standard InChI is InChI=1S/C12H15NO3.C11H12BrNO3/c1-4-16-12(15)11-8-5-6-9(14)10(8)7(2)13(11)3;1-3-16-11(15)9-6-4-5-7(14)8(6)10(12)13(9)2/h4-6H2,1-3H3;3-5H2,1-2H3. The number of hydrogen-bond donors (Lipinski definition) is 0. The molecule has 0 bridgehead atoms. The second-order valence-electron chi connectivity index (χ2n) is 7.69. The van der Waals surface area contributed by atoms with Gasteiger partial charge in [0.2, 0.25) is 0 Å². The minimum Gasteiger partial charge on any atom is -0.461 e. The van der Waals surface area contributed by atoms with E-state index in [1.165, 1.54) is 0 Å². The minimum atomic E-state index is -0.360. The molecule has 4 rings (SSSR count). The zero-order chi connectivity index (χ0) is 23.7. The van der Waals surface area contributed by atoms with E-state index in [9.17, 15) is 19.2 Å². The van der Waals surface area contributed by atoms with Crippen molar-refractivity contribution >= 4 is 39.4 Å². The average Bonchev–Trinajstić information content (AvgIpc) is 3.43. The van der Waals surface area contributed by atoms with Crippen molar-refractivity contribution in [2.75, 3.05) is 13.2 Å². The van der Waals surface area contributed by atoms with E-state index in [0.29, 0.717) is 60.5 Å². The van der Waals surface area contributed by atoms with E-state index in [1.54, 1.807) is 37.1 Å². The number of ketones is 2. The Morgan fingerprint density at radius 3 is 1.75 bits per heavy atom. The highest BCUT2D eigenvalue weighted by Gasteiger charge is 2.33. The Balaban J connectivity index is 0.000000181. The number of nitrogens with zero attached hydrogens (tertiary/aromatic N) is 2. The molecule has 0 aromatic carbocycles. The number of ether oxygens (including phenoxy) is 2. The summed E-state index contributed by atoms with van der Waals surface area (Å²) in [7, 11) is 3.55. The van der Waals surface area contributed by atoms with Gasteiger partial charge >= 0.3 is 11.9 Å². The fraction of sp³-hybridized carbons (Fsp3) is 0.478. The molecule has 0 atom stereocenters. The molecule has 8 nitrogen and oxygen atoms in total. The maximum Gasteiger partial charge on any atom is 0.355 e. The highest BCUT2D eigenvalue weighted by molar-refractivity contribution is 9.10. The lowest BCUT2D eigenvalue weighted by molar-refractivity contribution is 0.0504. The number of Topliss-reactive ketones (excluding diaryl/α,β-unsaturated/α-hetero) is 2. The van der Waals surface area contributed by atoms with Crippen LogP contribution in [0.5, 0.6) is 0 Å². The van der Waals surface area contributed by atoms with Gasteiger partial charge in [-0.1, -0.05) is 0 Å². The number of esters is 2. The molecule has 0 amide bonds. The lowest BCUT2D eigenvalue weighted by atomic mass is 10.1. The van der Waals surface area contributed by atoms with Gasteiger partial charge in [-0.25, -0.2) is 9.59 Å². The Hall–Kier alpha value is -2.68. The summed E-state index contributed by atoms with van der Waals surface area (Å²) in [6.45, 7) is 6.10. The lowest BCUT2D eigenvalue weighted by Gasteiger charge is -2.06. The number of fused-ring (bicyclic) bond motifs is 2. The summed E-state index contributed by atoms with van der Waals surface area (Å²) in [6.07, 6.45) is 2.28. The molecule has 0 saturated carbocycles. The molecule has 0 unspecified atom stereocenters. The average molecular weight is 507 g/mol. The fourth-order valence-corrected chi connectivity index (χ4v) is 5.01. The predicted molar refractivity (Wildman–Crippen MR) is 120 cm³/mol. The number of halogens is 1. The summed E-state index contributed by atoms with van der Waals surface area (Å²) in [4.78, 5) is 46.9. The monoisotopic (exact) mass is 506 g/mol. The van der Waals surface area contributed by atoms with Crippen LogP contribution in [0.15, 0.2) is 4.60 Å². The number of rotatable bonds is 4. The van der Waals surface area contributed by atoms with Crippen LogP contribution in [0, 0.1) is 6.92 Å². The largest absolute Gasteiger partial charge is 0.461 e. The van der Waals surface area contributed by atoms with Gasteiger partial charge in [-0.15, -0.1) is 0 Å². The third-order valence-corrected chi connectivity index (χ3v) is 6.84. The first-order valence-corrected chi connectivity index (χ1v) is 11.4. The third kappa shape index (κ3) is 3.94. The Kier molecular flexibility index (Phi) is 7.07. The molecule has 2 heterocycles. The Morgan fingerprint density at radius 1 is 0.812 bits per heavy atom. The van der Waals surface area contributed by atoms with Crippen LogP contribution in [0.1, 0.15) is 85.2 Å². The molecule has 2 aliphatic rings. The van der Waals surface area contributed by atoms with E-state index < -0.39 is 0 Å². The maximum absolute atomic E-state index is 11.8. The van der Waals surface area contributed by atoms with E-state index in [1.807, 2.05) is 6.92 Å². The van der Waals surface area contributed by atoms with Gasteiger partial charge in [0.25, 0.3) is 0 Å². The van der Waals surface area contributed by atoms with Crippen LogP contribution >= 0.6 is 15.9 Å². The predicted octanol–water partition coefficient (Wildman–Crippen LogP) is 3.73. The summed E-state index contributed by atoms with van der Waals surface area (Å²) in [5.41, 5.74) is 4.95. The Bertz CT molecular complexity index is 1040. The van der Waals surface area contributed by atoms with Gasteiger partial charge in [0, 0.05) is 38.2 Å². The lowest BCUT2D eigenvalue weighted by Crippen LogP contribution is -2.12. The van der Waals surface area contributed by atoms with Crippen LogP contribution < -0.4 is 0 Å². The van der Waals surface area contributed by atoms with E-state index in [-0.39, 0.29) is 23.5 Å². The first kappa shape index (κ1) is 24.0. The van der Waals surface area contributed by atoms with Crippen molar-refractivity contribution in [1.29, 1.82) is 0 Å². The molecule has 32 heavy (non-hydrogen) atoms. The summed E-state index contributed by atoms with van der Waals surface area (Å²) < 4.78 is 14.1. The van der Waals surface area contributed by atoms with Gasteiger partial charge in [0.1, 0.15) is 11.4 Å². The molecule has 172 valence electrons. The van der Waals surface area contributed by atoms with E-state index >= 15 is 0 Å². The van der Waals surface area contributed by atoms with E-state index in [2.05, 4.69) is 15.9 Å². The summed E-state index contributed by atoms with van der Waals surface area (Å²) in [5.74, 6) is -0.461. The number of carbonyl (C=O) groups is 4. The molecule has 2 aromatic rings. The Morgan fingerprint density at radius 2 is 1.25 bits per heavy atom. The highest BCUT2D eigenvalue weighted by Crippen LogP contribution is 2.34. The maximum atomic E-state index is 11.8. The number of aromatic nitrogens is 2. The molecule has 0 N–H and O–H groups in total. The molecule has 9 heteroatoms. The molecular formula is C23H27BrN2O6. The van der Waals surface area contributed by atoms with E-state index in [4.69, 9.17) is 9.47 Å². The second-order valence-corrected chi connectivity index (χ2v) is 8.44. The van der Waals surface area contributed by atoms with Crippen LogP contribution in [-0.4, -0.2) is 45.9 Å². The van der Waals surface area contributed by atoms with E-state index in [0.717, 1.165) is 22.4 Å². The van der Waals surface area contributed by atoms with Crippen LogP contribution in [-0.2, 0) is 36.4 Å². The number of hydrogen-bond acceptors (Lipinski definition) is 6. The second kappa shape index (κ2) is 9.44. The topological polar surface area (TPSA) is 96.6 Å². The zero-order valence-corrected chi connectivity index (χ0v) is 20.6. The van der Waals surface area contributed by atoms with Crippen molar-refractivity contribution in [3.8, 4) is 0 Å². The fourth-order valence-electron chi connectivity index (χ4n) is 4.37. The molecule has 2 aromatic heterocycles. The van der Waals surface area contributed by atoms with Crippen molar-refractivity contribution in [3.05, 3.63) is 43.9 Å². The van der Waals surface area contributed by atoms with Crippen molar-refractivity contribution in [1.82, 2.24) is 9.13 Å². The molecule has 0 fully saturated rings. The smallest absolute Gasteiger partial charge is 0.355 e. The van der Waals surface area contributed by atoms with Gasteiger partial charge < -0.3 is 18.6 Å². The van der Waals surface area contributed by atoms with Gasteiger partial charge in [-0.2, -0.15) is 0 Å². The van der Waals surface area contributed by atoms with Crippen LogP contribution in [0.2, 0.25) is 0 Å². The van der Waals surface area contributed by atoms with Crippen LogP contribution in [0.25, 0.3) is 0 Å². The van der Waals surface area contributed by atoms with Crippen molar-refractivity contribution in [2.24, 2.45) is 14.1 Å². The normalized spacial score (nSPS) is 14.1. The SMILES string of the molecule is CCOC(=O)c1c2c(c(Br)n1C)C(=O)CC2.CCOC(=O)c1c2c(c(C)n1C)C(=O)CC2. The zero-order valence-electron chi connectivity index (χ0n) is 19.0. The van der Waals surface area contributed by atoms with Crippen molar-refractivity contribution < 1.29 is 28.7 Å². The molecule has 0 spiro atoms. The van der Waals surface area contributed by atoms with Crippen molar-refractivity contribution in [3.63, 3.8) is 0 Å². The highest BCUT2D eigenvalue weighted by atomic mass is 79.9. The minimum absolute atomic E-state index is 0.0908. The molecule has 0 radical (unpaired) electrons. The van der Waals surface area contributed by atoms with Gasteiger partial charge in [0.15, 0.2) is 11.6 Å². The first-order chi connectivity index (χ1) is 15.1. The van der Waals surface area contributed by atoms with Crippen LogP contribution in [0.3, 0.4) is 0 Å². The van der Waals surface area contributed by atoms with Crippen molar-refractivity contribution in [2.45, 2.75) is 46.5 Å².